The maximum atomic E-state index is 10.1. The zero-order valence-corrected chi connectivity index (χ0v) is 8.15. The van der Waals surface area contributed by atoms with Crippen LogP contribution in [-0.2, 0) is 4.79 Å². The second-order valence-electron chi connectivity index (χ2n) is 3.10. The van der Waals surface area contributed by atoms with Crippen molar-refractivity contribution in [3.05, 3.63) is 0 Å². The van der Waals surface area contributed by atoms with Crippen LogP contribution in [0, 0.1) is 0 Å². The summed E-state index contributed by atoms with van der Waals surface area (Å²) in [6.45, 7) is 0.0444. The van der Waals surface area contributed by atoms with Gasteiger partial charge in [0.25, 0.3) is 0 Å². The minimum absolute atomic E-state index is 0.0651. The average molecular weight is 223 g/mol. The van der Waals surface area contributed by atoms with Crippen molar-refractivity contribution in [3.8, 4) is 0 Å². The van der Waals surface area contributed by atoms with Crippen LogP contribution in [0.5, 0.6) is 0 Å². The molecule has 0 aliphatic rings. The molecule has 0 aromatic heterocycles. The smallest absolute Gasteiger partial charge is 0.151 e. The van der Waals surface area contributed by atoms with Gasteiger partial charge in [0.2, 0.25) is 0 Å². The molecule has 0 fully saturated rings. The monoisotopic (exact) mass is 223 g/mol. The molecule has 7 heteroatoms. The Morgan fingerprint density at radius 2 is 1.73 bits per heavy atom. The van der Waals surface area contributed by atoms with Gasteiger partial charge in [0.1, 0.15) is 18.3 Å². The summed E-state index contributed by atoms with van der Waals surface area (Å²) in [5.41, 5.74) is 0. The number of hydrogen-bond donors (Lipinski definition) is 6. The maximum Gasteiger partial charge on any atom is 0.151 e. The van der Waals surface area contributed by atoms with Gasteiger partial charge in [-0.25, -0.2) is 0 Å². The molecule has 6 N–H and O–H groups in total. The first kappa shape index (κ1) is 14.4. The standard InChI is InChI=1S/C8H17NO6/c10-2-1-9-3-5(12)7(14)8(15)6(13)4-11/h4-10,12-15H,1-3H2/t5-,6+,7-,8-/m1/s1. The Morgan fingerprint density at radius 3 is 2.20 bits per heavy atom. The first-order valence-corrected chi connectivity index (χ1v) is 4.53. The highest BCUT2D eigenvalue weighted by molar-refractivity contribution is 5.56. The third-order valence-corrected chi connectivity index (χ3v) is 1.88. The van der Waals surface area contributed by atoms with E-state index in [4.69, 9.17) is 15.3 Å². The van der Waals surface area contributed by atoms with E-state index in [0.717, 1.165) is 0 Å². The fraction of sp³-hybridized carbons (Fsp3) is 0.875. The van der Waals surface area contributed by atoms with E-state index in [1.165, 1.54) is 0 Å². The summed E-state index contributed by atoms with van der Waals surface area (Å²) >= 11 is 0. The van der Waals surface area contributed by atoms with Crippen molar-refractivity contribution in [1.82, 2.24) is 5.32 Å². The van der Waals surface area contributed by atoms with Crippen LogP contribution in [0.1, 0.15) is 0 Å². The largest absolute Gasteiger partial charge is 0.395 e. The third-order valence-electron chi connectivity index (χ3n) is 1.88. The predicted octanol–water partition coefficient (Wildman–Crippen LogP) is -3.79. The van der Waals surface area contributed by atoms with Crippen molar-refractivity contribution in [2.24, 2.45) is 0 Å². The van der Waals surface area contributed by atoms with Crippen LogP contribution in [-0.4, -0.2) is 75.9 Å². The Bertz CT molecular complexity index is 179. The Balaban J connectivity index is 3.95. The molecule has 7 nitrogen and oxygen atoms in total. The van der Waals surface area contributed by atoms with Gasteiger partial charge in [-0.15, -0.1) is 0 Å². The quantitative estimate of drug-likeness (QED) is 0.184. The highest BCUT2D eigenvalue weighted by atomic mass is 16.4. The van der Waals surface area contributed by atoms with E-state index in [1.807, 2.05) is 0 Å². The number of nitrogens with one attached hydrogen (secondary N) is 1. The lowest BCUT2D eigenvalue weighted by Crippen LogP contribution is -2.48. The van der Waals surface area contributed by atoms with E-state index in [-0.39, 0.29) is 26.0 Å². The van der Waals surface area contributed by atoms with E-state index < -0.39 is 24.4 Å². The van der Waals surface area contributed by atoms with E-state index >= 15 is 0 Å². The Morgan fingerprint density at radius 1 is 1.13 bits per heavy atom. The van der Waals surface area contributed by atoms with E-state index in [0.29, 0.717) is 0 Å². The fourth-order valence-electron chi connectivity index (χ4n) is 0.960. The van der Waals surface area contributed by atoms with Gasteiger partial charge in [-0.3, -0.25) is 0 Å². The van der Waals surface area contributed by atoms with Crippen LogP contribution in [0.4, 0.5) is 0 Å². The molecule has 90 valence electrons. The molecule has 0 heterocycles. The van der Waals surface area contributed by atoms with Crippen molar-refractivity contribution in [3.63, 3.8) is 0 Å². The number of carbonyl (C=O) groups is 1. The van der Waals surface area contributed by atoms with Crippen LogP contribution in [0.2, 0.25) is 0 Å². The van der Waals surface area contributed by atoms with Crippen molar-refractivity contribution >= 4 is 6.29 Å². The van der Waals surface area contributed by atoms with Crippen LogP contribution in [0.3, 0.4) is 0 Å². The van der Waals surface area contributed by atoms with Gasteiger partial charge < -0.3 is 35.6 Å². The van der Waals surface area contributed by atoms with Gasteiger partial charge in [-0.05, 0) is 0 Å². The SMILES string of the molecule is O=C[C@H](O)[C@@H](O)[C@H](O)[C@H](O)CNCCO. The van der Waals surface area contributed by atoms with Crippen molar-refractivity contribution in [2.75, 3.05) is 19.7 Å². The second-order valence-corrected chi connectivity index (χ2v) is 3.10. The molecule has 15 heavy (non-hydrogen) atoms. The van der Waals surface area contributed by atoms with Crippen molar-refractivity contribution in [2.45, 2.75) is 24.4 Å². The minimum Gasteiger partial charge on any atom is -0.395 e. The highest BCUT2D eigenvalue weighted by Gasteiger charge is 2.29. The minimum atomic E-state index is -1.73. The van der Waals surface area contributed by atoms with Crippen LogP contribution in [0.25, 0.3) is 0 Å². The first-order valence-electron chi connectivity index (χ1n) is 4.53. The van der Waals surface area contributed by atoms with Crippen molar-refractivity contribution in [1.29, 1.82) is 0 Å². The van der Waals surface area contributed by atoms with E-state index in [9.17, 15) is 15.0 Å². The lowest BCUT2D eigenvalue weighted by Gasteiger charge is -2.24. The molecule has 0 aliphatic carbocycles. The zero-order valence-electron chi connectivity index (χ0n) is 8.15. The second kappa shape index (κ2) is 7.69. The summed E-state index contributed by atoms with van der Waals surface area (Å²) in [5, 5.41) is 47.6. The Kier molecular flexibility index (Phi) is 7.39. The number of carbonyl (C=O) groups excluding carboxylic acids is 1. The fourth-order valence-corrected chi connectivity index (χ4v) is 0.960. The molecule has 0 radical (unpaired) electrons. The van der Waals surface area contributed by atoms with Gasteiger partial charge in [-0.2, -0.15) is 0 Å². The lowest BCUT2D eigenvalue weighted by atomic mass is 10.0. The van der Waals surface area contributed by atoms with Crippen LogP contribution in [0.15, 0.2) is 0 Å². The van der Waals surface area contributed by atoms with Gasteiger partial charge >= 0.3 is 0 Å². The molecule has 0 saturated heterocycles. The summed E-state index contributed by atoms with van der Waals surface area (Å²) < 4.78 is 0. The molecular weight excluding hydrogens is 206 g/mol. The molecule has 0 amide bonds. The first-order chi connectivity index (χ1) is 7.04. The molecule has 4 atom stereocenters. The summed E-state index contributed by atoms with van der Waals surface area (Å²) in [7, 11) is 0. The molecule has 0 saturated carbocycles. The molecule has 0 rings (SSSR count). The number of aliphatic hydroxyl groups excluding tert-OH is 5. The van der Waals surface area contributed by atoms with Crippen LogP contribution < -0.4 is 5.32 Å². The molecule has 0 unspecified atom stereocenters. The number of hydrogen-bond acceptors (Lipinski definition) is 7. The van der Waals surface area contributed by atoms with Gasteiger partial charge in [0.05, 0.1) is 12.7 Å². The molecule has 0 bridgehead atoms. The van der Waals surface area contributed by atoms with Gasteiger partial charge in [-0.1, -0.05) is 0 Å². The maximum absolute atomic E-state index is 10.1. The number of rotatable bonds is 8. The zero-order chi connectivity index (χ0) is 11.8. The molecule has 0 aliphatic heterocycles. The number of aliphatic hydroxyl groups is 5. The summed E-state index contributed by atoms with van der Waals surface area (Å²) in [5.74, 6) is 0. The summed E-state index contributed by atoms with van der Waals surface area (Å²) in [6, 6.07) is 0. The predicted molar refractivity (Wildman–Crippen MR) is 50.0 cm³/mol. The molecular formula is C8H17NO6. The summed E-state index contributed by atoms with van der Waals surface area (Å²) in [6.07, 6.45) is -6.35. The van der Waals surface area contributed by atoms with E-state index in [1.54, 1.807) is 0 Å². The normalized spacial score (nSPS) is 19.3. The van der Waals surface area contributed by atoms with Crippen LogP contribution >= 0.6 is 0 Å². The van der Waals surface area contributed by atoms with Gasteiger partial charge in [0.15, 0.2) is 6.29 Å². The highest BCUT2D eigenvalue weighted by Crippen LogP contribution is 2.03. The average Bonchev–Trinajstić information content (AvgIpc) is 2.26. The lowest BCUT2D eigenvalue weighted by molar-refractivity contribution is -0.133. The third kappa shape index (κ3) is 5.17. The van der Waals surface area contributed by atoms with Gasteiger partial charge in [0, 0.05) is 13.1 Å². The molecule has 0 aromatic rings. The molecule has 0 aromatic carbocycles. The summed E-state index contributed by atoms with van der Waals surface area (Å²) in [4.78, 5) is 10.1. The Hall–Kier alpha value is -0.570. The Labute approximate surface area is 87.0 Å². The van der Waals surface area contributed by atoms with Crippen molar-refractivity contribution < 1.29 is 30.3 Å². The van der Waals surface area contributed by atoms with E-state index in [2.05, 4.69) is 5.32 Å². The molecule has 0 spiro atoms. The number of aldehydes is 1. The topological polar surface area (TPSA) is 130 Å².